The maximum Gasteiger partial charge on any atom is 0.218 e. The van der Waals surface area contributed by atoms with Crippen molar-refractivity contribution in [2.75, 3.05) is 31.1 Å². The molecule has 1 amide bonds. The Morgan fingerprint density at radius 2 is 2.00 bits per heavy atom. The lowest BCUT2D eigenvalue weighted by Gasteiger charge is -2.22. The van der Waals surface area contributed by atoms with Gasteiger partial charge in [-0.05, 0) is 32.7 Å². The monoisotopic (exact) mass is 292 g/mol. The van der Waals surface area contributed by atoms with Gasteiger partial charge in [0.2, 0.25) is 5.91 Å². The number of aliphatic hydroxyl groups is 1. The van der Waals surface area contributed by atoms with Crippen LogP contribution in [0.2, 0.25) is 0 Å². The molecule has 0 aliphatic carbocycles. The molecule has 0 aromatic carbocycles. The average molecular weight is 292 g/mol. The molecule has 0 aromatic rings. The van der Waals surface area contributed by atoms with Gasteiger partial charge < -0.3 is 15.7 Å². The Morgan fingerprint density at radius 1 is 1.32 bits per heavy atom. The van der Waals surface area contributed by atoms with Crippen molar-refractivity contribution in [3.63, 3.8) is 0 Å². The average Bonchev–Trinajstić information content (AvgIpc) is 2.46. The van der Waals surface area contributed by atoms with Crippen LogP contribution in [0.15, 0.2) is 0 Å². The minimum Gasteiger partial charge on any atom is -0.390 e. The lowest BCUT2D eigenvalue weighted by atomic mass is 9.98. The molecule has 1 heterocycles. The van der Waals surface area contributed by atoms with Crippen molar-refractivity contribution in [2.45, 2.75) is 38.2 Å². The third kappa shape index (κ3) is 6.89. The first-order chi connectivity index (χ1) is 8.70. The summed E-state index contributed by atoms with van der Waals surface area (Å²) in [5.41, 5.74) is 4.31. The van der Waals surface area contributed by atoms with Crippen LogP contribution in [-0.4, -0.2) is 61.1 Å². The van der Waals surface area contributed by atoms with Crippen molar-refractivity contribution in [1.82, 2.24) is 4.90 Å². The molecule has 0 aromatic heterocycles. The molecule has 0 saturated carbocycles. The number of hydrogen-bond donors (Lipinski definition) is 2. The normalized spacial score (nSPS) is 26.0. The summed E-state index contributed by atoms with van der Waals surface area (Å²) in [7, 11) is -3.22. The predicted molar refractivity (Wildman–Crippen MR) is 73.4 cm³/mol. The lowest BCUT2D eigenvalue weighted by molar-refractivity contribution is -0.117. The van der Waals surface area contributed by atoms with Crippen LogP contribution in [0.25, 0.3) is 0 Å². The highest BCUT2D eigenvalue weighted by atomic mass is 32.2. The molecule has 3 N–H and O–H groups in total. The van der Waals surface area contributed by atoms with Crippen LogP contribution in [0, 0.1) is 0 Å². The largest absolute Gasteiger partial charge is 0.390 e. The maximum atomic E-state index is 11.7. The van der Waals surface area contributed by atoms with Crippen molar-refractivity contribution < 1.29 is 18.3 Å². The van der Waals surface area contributed by atoms with E-state index in [2.05, 4.69) is 4.90 Å². The lowest BCUT2D eigenvalue weighted by Crippen LogP contribution is -2.33. The molecule has 0 spiro atoms. The van der Waals surface area contributed by atoms with E-state index in [0.29, 0.717) is 19.5 Å². The second kappa shape index (κ2) is 6.67. The van der Waals surface area contributed by atoms with Gasteiger partial charge in [0.1, 0.15) is 0 Å². The van der Waals surface area contributed by atoms with E-state index in [1.165, 1.54) is 0 Å². The minimum atomic E-state index is -3.22. The molecule has 0 bridgehead atoms. The van der Waals surface area contributed by atoms with Crippen LogP contribution in [-0.2, 0) is 14.6 Å². The predicted octanol–water partition coefficient (Wildman–Crippen LogP) is -0.486. The van der Waals surface area contributed by atoms with Gasteiger partial charge in [-0.15, -0.1) is 0 Å². The Morgan fingerprint density at radius 3 is 2.63 bits per heavy atom. The number of carbonyl (C=O) groups excluding carboxylic acids is 1. The van der Waals surface area contributed by atoms with E-state index < -0.39 is 21.3 Å². The fourth-order valence-corrected chi connectivity index (χ4v) is 3.42. The fraction of sp³-hybridized carbons (Fsp3) is 0.917. The molecule has 0 radical (unpaired) electrons. The van der Waals surface area contributed by atoms with Crippen molar-refractivity contribution in [3.05, 3.63) is 0 Å². The molecule has 19 heavy (non-hydrogen) atoms. The molecule has 1 aliphatic heterocycles. The zero-order chi connectivity index (χ0) is 14.5. The molecule has 1 atom stereocenters. The molecule has 1 aliphatic rings. The molecular weight excluding hydrogens is 268 g/mol. The first-order valence-electron chi connectivity index (χ1n) is 6.64. The van der Waals surface area contributed by atoms with E-state index in [1.54, 1.807) is 0 Å². The molecular formula is C12H24N2O4S. The number of amides is 1. The number of sulfone groups is 1. The molecule has 1 saturated heterocycles. The molecule has 1 unspecified atom stereocenters. The van der Waals surface area contributed by atoms with Gasteiger partial charge in [-0.3, -0.25) is 4.79 Å². The van der Waals surface area contributed by atoms with E-state index in [-0.39, 0.29) is 17.9 Å². The SMILES string of the molecule is CC1(O)CCCN(CCS(=O)(=O)CCC(N)=O)CC1. The summed E-state index contributed by atoms with van der Waals surface area (Å²) in [6, 6.07) is 0. The van der Waals surface area contributed by atoms with Crippen molar-refractivity contribution in [2.24, 2.45) is 5.73 Å². The first kappa shape index (κ1) is 16.4. The van der Waals surface area contributed by atoms with Crippen molar-refractivity contribution in [3.8, 4) is 0 Å². The first-order valence-corrected chi connectivity index (χ1v) is 8.46. The smallest absolute Gasteiger partial charge is 0.218 e. The van der Waals surface area contributed by atoms with Crippen LogP contribution < -0.4 is 5.73 Å². The summed E-state index contributed by atoms with van der Waals surface area (Å²) in [5, 5.41) is 9.95. The fourth-order valence-electron chi connectivity index (χ4n) is 2.17. The highest BCUT2D eigenvalue weighted by molar-refractivity contribution is 7.91. The van der Waals surface area contributed by atoms with Gasteiger partial charge in [0, 0.05) is 19.5 Å². The highest BCUT2D eigenvalue weighted by Gasteiger charge is 2.25. The highest BCUT2D eigenvalue weighted by Crippen LogP contribution is 2.21. The second-order valence-electron chi connectivity index (χ2n) is 5.56. The van der Waals surface area contributed by atoms with E-state index >= 15 is 0 Å². The zero-order valence-electron chi connectivity index (χ0n) is 11.5. The van der Waals surface area contributed by atoms with Gasteiger partial charge in [-0.1, -0.05) is 0 Å². The van der Waals surface area contributed by atoms with Gasteiger partial charge >= 0.3 is 0 Å². The number of nitrogens with zero attached hydrogens (tertiary/aromatic N) is 1. The molecule has 112 valence electrons. The van der Waals surface area contributed by atoms with E-state index in [4.69, 9.17) is 5.73 Å². The van der Waals surface area contributed by atoms with Gasteiger partial charge in [-0.2, -0.15) is 0 Å². The summed E-state index contributed by atoms with van der Waals surface area (Å²) >= 11 is 0. The minimum absolute atomic E-state index is 0.0441. The summed E-state index contributed by atoms with van der Waals surface area (Å²) in [5.74, 6) is -0.717. The molecule has 1 rings (SSSR count). The number of rotatable bonds is 6. The quantitative estimate of drug-likeness (QED) is 0.688. The molecule has 6 nitrogen and oxygen atoms in total. The van der Waals surface area contributed by atoms with E-state index in [9.17, 15) is 18.3 Å². The van der Waals surface area contributed by atoms with Gasteiger partial charge in [-0.25, -0.2) is 8.42 Å². The van der Waals surface area contributed by atoms with E-state index in [1.807, 2.05) is 6.92 Å². The summed E-state index contributed by atoms with van der Waals surface area (Å²) in [6.45, 7) is 3.79. The second-order valence-corrected chi connectivity index (χ2v) is 7.86. The van der Waals surface area contributed by atoms with Crippen LogP contribution in [0.3, 0.4) is 0 Å². The van der Waals surface area contributed by atoms with Gasteiger partial charge in [0.15, 0.2) is 9.84 Å². The number of carbonyl (C=O) groups is 1. The topological polar surface area (TPSA) is 101 Å². The standard InChI is InChI=1S/C12H24N2O4S/c1-12(16)4-2-6-14(7-5-12)8-10-19(17,18)9-3-11(13)15/h16H,2-10H2,1H3,(H2,13,15). The Hall–Kier alpha value is -0.660. The summed E-state index contributed by atoms with van der Waals surface area (Å²) in [6.07, 6.45) is 2.16. The molecule has 1 fully saturated rings. The van der Waals surface area contributed by atoms with Crippen molar-refractivity contribution in [1.29, 1.82) is 0 Å². The summed E-state index contributed by atoms with van der Waals surface area (Å²) in [4.78, 5) is 12.6. The maximum absolute atomic E-state index is 11.7. The van der Waals surface area contributed by atoms with Gasteiger partial charge in [0.05, 0.1) is 17.1 Å². The third-order valence-electron chi connectivity index (χ3n) is 3.53. The Labute approximate surface area is 114 Å². The Balaban J connectivity index is 2.37. The number of nitrogens with two attached hydrogens (primary N) is 1. The van der Waals surface area contributed by atoms with E-state index in [0.717, 1.165) is 19.4 Å². The van der Waals surface area contributed by atoms with Crippen molar-refractivity contribution >= 4 is 15.7 Å². The third-order valence-corrected chi connectivity index (χ3v) is 5.17. The van der Waals surface area contributed by atoms with Crippen LogP contribution in [0.1, 0.15) is 32.6 Å². The molecule has 7 heteroatoms. The Bertz CT molecular complexity index is 406. The van der Waals surface area contributed by atoms with Crippen LogP contribution in [0.5, 0.6) is 0 Å². The summed E-state index contributed by atoms with van der Waals surface area (Å²) < 4.78 is 23.4. The number of hydrogen-bond acceptors (Lipinski definition) is 5. The number of likely N-dealkylation sites (tertiary alicyclic amines) is 1. The zero-order valence-corrected chi connectivity index (χ0v) is 12.3. The van der Waals surface area contributed by atoms with Crippen LogP contribution in [0.4, 0.5) is 0 Å². The van der Waals surface area contributed by atoms with Crippen LogP contribution >= 0.6 is 0 Å². The van der Waals surface area contributed by atoms with Gasteiger partial charge in [0.25, 0.3) is 0 Å². The Kier molecular flexibility index (Phi) is 5.76. The number of primary amides is 1.